The largest absolute Gasteiger partial charge is 0.310 e. The van der Waals surface area contributed by atoms with Crippen molar-refractivity contribution in [3.63, 3.8) is 0 Å². The van der Waals surface area contributed by atoms with Gasteiger partial charge in [0, 0.05) is 30.1 Å². The van der Waals surface area contributed by atoms with Crippen LogP contribution < -0.4 is 0 Å². The summed E-state index contributed by atoms with van der Waals surface area (Å²) in [6.45, 7) is 5.81. The molecule has 1 N–H and O–H groups in total. The predicted molar refractivity (Wildman–Crippen MR) is 50.8 cm³/mol. The summed E-state index contributed by atoms with van der Waals surface area (Å²) in [5.74, 6) is 0. The Bertz CT molecular complexity index is 208. The second kappa shape index (κ2) is 2.56. The van der Waals surface area contributed by atoms with E-state index in [1.807, 2.05) is 0 Å². The van der Waals surface area contributed by atoms with Crippen molar-refractivity contribution in [2.24, 2.45) is 0 Å². The Morgan fingerprint density at radius 2 is 2.25 bits per heavy atom. The Kier molecular flexibility index (Phi) is 1.76. The molecule has 0 aromatic rings. The average molecular weight is 166 g/mol. The second-order valence-electron chi connectivity index (χ2n) is 4.79. The lowest BCUT2D eigenvalue weighted by molar-refractivity contribution is 0.0983. The molecule has 1 atom stereocenters. The Hall–Kier alpha value is -0.370. The topological polar surface area (TPSA) is 27.1 Å². The molecule has 0 spiro atoms. The standard InChI is InChI=1S/C10H18N2/c1-10(2)7-8(11)6-9-4-3-5-12(9)10/h9,11H,3-7H2,1-2H3. The van der Waals surface area contributed by atoms with E-state index >= 15 is 0 Å². The third kappa shape index (κ3) is 1.18. The first kappa shape index (κ1) is 8.24. The normalized spacial score (nSPS) is 35.2. The first-order chi connectivity index (χ1) is 5.59. The van der Waals surface area contributed by atoms with Gasteiger partial charge in [-0.3, -0.25) is 4.90 Å². The molecule has 0 aromatic heterocycles. The van der Waals surface area contributed by atoms with Crippen LogP contribution in [0.1, 0.15) is 39.5 Å². The van der Waals surface area contributed by atoms with Gasteiger partial charge in [-0.2, -0.15) is 0 Å². The molecule has 0 aliphatic carbocycles. The Morgan fingerprint density at radius 3 is 3.00 bits per heavy atom. The van der Waals surface area contributed by atoms with E-state index in [2.05, 4.69) is 18.7 Å². The molecular formula is C10H18N2. The van der Waals surface area contributed by atoms with Gasteiger partial charge >= 0.3 is 0 Å². The zero-order chi connectivity index (χ0) is 8.77. The predicted octanol–water partition coefficient (Wildman–Crippen LogP) is 2.04. The molecule has 68 valence electrons. The van der Waals surface area contributed by atoms with E-state index in [0.717, 1.165) is 18.6 Å². The van der Waals surface area contributed by atoms with E-state index in [-0.39, 0.29) is 5.54 Å². The molecule has 2 rings (SSSR count). The summed E-state index contributed by atoms with van der Waals surface area (Å²) in [6, 6.07) is 0.696. The average Bonchev–Trinajstić information content (AvgIpc) is 2.32. The molecule has 0 aromatic carbocycles. The summed E-state index contributed by atoms with van der Waals surface area (Å²) in [5.41, 5.74) is 1.22. The number of piperidine rings is 1. The smallest absolute Gasteiger partial charge is 0.0208 e. The van der Waals surface area contributed by atoms with Crippen LogP contribution in [0.4, 0.5) is 0 Å². The van der Waals surface area contributed by atoms with Gasteiger partial charge in [0.05, 0.1) is 0 Å². The lowest BCUT2D eigenvalue weighted by Gasteiger charge is -2.44. The summed E-state index contributed by atoms with van der Waals surface area (Å²) < 4.78 is 0. The lowest BCUT2D eigenvalue weighted by atomic mass is 9.86. The molecule has 2 heterocycles. The van der Waals surface area contributed by atoms with Crippen molar-refractivity contribution < 1.29 is 0 Å². The molecule has 2 aliphatic rings. The first-order valence-electron chi connectivity index (χ1n) is 4.93. The van der Waals surface area contributed by atoms with E-state index in [9.17, 15) is 0 Å². The number of nitrogens with zero attached hydrogens (tertiary/aromatic N) is 1. The van der Waals surface area contributed by atoms with E-state index in [1.54, 1.807) is 0 Å². The van der Waals surface area contributed by atoms with Gasteiger partial charge in [0.15, 0.2) is 0 Å². The lowest BCUT2D eigenvalue weighted by Crippen LogP contribution is -2.52. The summed E-state index contributed by atoms with van der Waals surface area (Å²) in [4.78, 5) is 2.60. The number of fused-ring (bicyclic) bond motifs is 1. The third-order valence-electron chi connectivity index (χ3n) is 3.28. The Morgan fingerprint density at radius 1 is 1.50 bits per heavy atom. The van der Waals surface area contributed by atoms with Gasteiger partial charge in [-0.05, 0) is 33.2 Å². The molecule has 2 nitrogen and oxygen atoms in total. The fourth-order valence-corrected chi connectivity index (χ4v) is 2.83. The van der Waals surface area contributed by atoms with Crippen LogP contribution in [0.15, 0.2) is 0 Å². The number of hydrogen-bond donors (Lipinski definition) is 1. The third-order valence-corrected chi connectivity index (χ3v) is 3.28. The van der Waals surface area contributed by atoms with Crippen LogP contribution in [0.5, 0.6) is 0 Å². The summed E-state index contributed by atoms with van der Waals surface area (Å²) in [5, 5.41) is 7.77. The minimum absolute atomic E-state index is 0.260. The van der Waals surface area contributed by atoms with Crippen molar-refractivity contribution in [1.29, 1.82) is 5.41 Å². The van der Waals surface area contributed by atoms with Crippen LogP contribution in [-0.4, -0.2) is 28.7 Å². The zero-order valence-electron chi connectivity index (χ0n) is 8.06. The Labute approximate surface area is 74.5 Å². The fourth-order valence-electron chi connectivity index (χ4n) is 2.83. The summed E-state index contributed by atoms with van der Waals surface area (Å²) >= 11 is 0. The highest BCUT2D eigenvalue weighted by Gasteiger charge is 2.40. The van der Waals surface area contributed by atoms with Crippen molar-refractivity contribution in [1.82, 2.24) is 4.90 Å². The number of hydrogen-bond acceptors (Lipinski definition) is 2. The van der Waals surface area contributed by atoms with E-state index in [4.69, 9.17) is 5.41 Å². The maximum absolute atomic E-state index is 7.77. The minimum atomic E-state index is 0.260. The van der Waals surface area contributed by atoms with Crippen LogP contribution in [0.3, 0.4) is 0 Å². The molecule has 1 unspecified atom stereocenters. The van der Waals surface area contributed by atoms with E-state index < -0.39 is 0 Å². The van der Waals surface area contributed by atoms with Crippen LogP contribution in [0.2, 0.25) is 0 Å². The van der Waals surface area contributed by atoms with Gasteiger partial charge < -0.3 is 5.41 Å². The summed E-state index contributed by atoms with van der Waals surface area (Å²) in [6.07, 6.45) is 4.65. The van der Waals surface area contributed by atoms with Crippen LogP contribution in [0, 0.1) is 5.41 Å². The first-order valence-corrected chi connectivity index (χ1v) is 4.93. The SMILES string of the molecule is CC1(C)CC(=N)CC2CCCN21. The molecule has 12 heavy (non-hydrogen) atoms. The zero-order valence-corrected chi connectivity index (χ0v) is 8.06. The minimum Gasteiger partial charge on any atom is -0.310 e. The van der Waals surface area contributed by atoms with Gasteiger partial charge in [-0.25, -0.2) is 0 Å². The van der Waals surface area contributed by atoms with Gasteiger partial charge in [0.25, 0.3) is 0 Å². The fraction of sp³-hybridized carbons (Fsp3) is 0.900. The number of nitrogens with one attached hydrogen (secondary N) is 1. The molecule has 2 aliphatic heterocycles. The highest BCUT2D eigenvalue weighted by molar-refractivity contribution is 5.84. The molecule has 0 amide bonds. The van der Waals surface area contributed by atoms with E-state index in [1.165, 1.54) is 19.4 Å². The summed E-state index contributed by atoms with van der Waals surface area (Å²) in [7, 11) is 0. The highest BCUT2D eigenvalue weighted by Crippen LogP contribution is 2.35. The van der Waals surface area contributed by atoms with Gasteiger partial charge in [0.1, 0.15) is 0 Å². The quantitative estimate of drug-likeness (QED) is 0.586. The highest BCUT2D eigenvalue weighted by atomic mass is 15.2. The van der Waals surface area contributed by atoms with Crippen molar-refractivity contribution in [2.75, 3.05) is 6.54 Å². The second-order valence-corrected chi connectivity index (χ2v) is 4.79. The Balaban J connectivity index is 2.20. The maximum atomic E-state index is 7.77. The van der Waals surface area contributed by atoms with Gasteiger partial charge in [-0.1, -0.05) is 0 Å². The van der Waals surface area contributed by atoms with Crippen LogP contribution in [-0.2, 0) is 0 Å². The molecule has 0 radical (unpaired) electrons. The molecule has 0 bridgehead atoms. The van der Waals surface area contributed by atoms with Crippen molar-refractivity contribution in [3.05, 3.63) is 0 Å². The maximum Gasteiger partial charge on any atom is 0.0208 e. The molecule has 0 saturated carbocycles. The monoisotopic (exact) mass is 166 g/mol. The number of rotatable bonds is 0. The van der Waals surface area contributed by atoms with Gasteiger partial charge in [0.2, 0.25) is 0 Å². The molecule has 2 heteroatoms. The van der Waals surface area contributed by atoms with E-state index in [0.29, 0.717) is 6.04 Å². The van der Waals surface area contributed by atoms with Crippen LogP contribution >= 0.6 is 0 Å². The van der Waals surface area contributed by atoms with Gasteiger partial charge in [-0.15, -0.1) is 0 Å². The molecule has 2 saturated heterocycles. The van der Waals surface area contributed by atoms with Crippen molar-refractivity contribution >= 4 is 5.71 Å². The van der Waals surface area contributed by atoms with Crippen LogP contribution in [0.25, 0.3) is 0 Å². The molecule has 2 fully saturated rings. The van der Waals surface area contributed by atoms with Crippen molar-refractivity contribution in [3.8, 4) is 0 Å². The molecular weight excluding hydrogens is 148 g/mol. The van der Waals surface area contributed by atoms with Crippen molar-refractivity contribution in [2.45, 2.75) is 51.1 Å².